The van der Waals surface area contributed by atoms with E-state index in [1.54, 1.807) is 12.1 Å². The third-order valence-electron chi connectivity index (χ3n) is 3.07. The number of rotatable bonds is 7. The van der Waals surface area contributed by atoms with E-state index in [1.807, 2.05) is 0 Å². The summed E-state index contributed by atoms with van der Waals surface area (Å²) in [6.07, 6.45) is 1.78. The summed E-state index contributed by atoms with van der Waals surface area (Å²) in [7, 11) is 0. The monoisotopic (exact) mass is 337 g/mol. The van der Waals surface area contributed by atoms with Crippen LogP contribution in [-0.4, -0.2) is 25.0 Å². The molecule has 0 aliphatic heterocycles. The van der Waals surface area contributed by atoms with Gasteiger partial charge in [0.15, 0.2) is 0 Å². The van der Waals surface area contributed by atoms with Crippen molar-refractivity contribution in [2.45, 2.75) is 13.0 Å². The number of hydrogen-bond donors (Lipinski definition) is 3. The molecule has 1 aromatic heterocycles. The zero-order chi connectivity index (χ0) is 17.4. The molecule has 0 radical (unpaired) electrons. The van der Waals surface area contributed by atoms with Crippen molar-refractivity contribution in [2.75, 3.05) is 13.1 Å². The van der Waals surface area contributed by atoms with Gasteiger partial charge in [-0.2, -0.15) is 0 Å². The van der Waals surface area contributed by atoms with Gasteiger partial charge in [-0.25, -0.2) is 13.6 Å². The van der Waals surface area contributed by atoms with Crippen LogP contribution in [-0.2, 0) is 17.8 Å². The number of halogens is 2. The zero-order valence-corrected chi connectivity index (χ0v) is 12.8. The summed E-state index contributed by atoms with van der Waals surface area (Å²) in [5.41, 5.74) is 0.442. The molecule has 0 aliphatic carbocycles. The summed E-state index contributed by atoms with van der Waals surface area (Å²) in [5, 5.41) is 7.47. The molecule has 2 aromatic rings. The Morgan fingerprint density at radius 2 is 1.79 bits per heavy atom. The van der Waals surface area contributed by atoms with E-state index in [-0.39, 0.29) is 26.1 Å². The fourth-order valence-electron chi connectivity index (χ4n) is 1.97. The van der Waals surface area contributed by atoms with E-state index < -0.39 is 23.6 Å². The summed E-state index contributed by atoms with van der Waals surface area (Å²) in [4.78, 5) is 23.1. The van der Waals surface area contributed by atoms with Crippen LogP contribution in [0.5, 0.6) is 0 Å². The number of furan rings is 1. The van der Waals surface area contributed by atoms with Gasteiger partial charge in [0, 0.05) is 12.6 Å². The largest absolute Gasteiger partial charge is 0.467 e. The van der Waals surface area contributed by atoms with Gasteiger partial charge in [-0.1, -0.05) is 0 Å². The number of urea groups is 1. The van der Waals surface area contributed by atoms with Crippen molar-refractivity contribution >= 4 is 11.9 Å². The summed E-state index contributed by atoms with van der Waals surface area (Å²) in [6, 6.07) is 6.10. The highest BCUT2D eigenvalue weighted by molar-refractivity contribution is 5.83. The minimum absolute atomic E-state index is 0.206. The normalized spacial score (nSPS) is 10.2. The highest BCUT2D eigenvalue weighted by Crippen LogP contribution is 2.08. The fraction of sp³-hybridized carbons (Fsp3) is 0.250. The Morgan fingerprint density at radius 3 is 2.46 bits per heavy atom. The highest BCUT2D eigenvalue weighted by atomic mass is 19.1. The van der Waals surface area contributed by atoms with Crippen molar-refractivity contribution in [2.24, 2.45) is 0 Å². The Hall–Kier alpha value is -2.90. The number of carbonyl (C=O) groups is 2. The standard InChI is InChI=1S/C16H17F2N3O3/c17-12-6-11(7-13(18)8-12)3-4-19-15(22)10-21-16(23)20-9-14-2-1-5-24-14/h1-2,5-8H,3-4,9-10H2,(H,19,22)(H2,20,21,23). The lowest BCUT2D eigenvalue weighted by atomic mass is 10.1. The van der Waals surface area contributed by atoms with Gasteiger partial charge in [-0.3, -0.25) is 4.79 Å². The zero-order valence-electron chi connectivity index (χ0n) is 12.8. The molecular formula is C16H17F2N3O3. The number of nitrogens with one attached hydrogen (secondary N) is 3. The van der Waals surface area contributed by atoms with Crippen LogP contribution in [0.2, 0.25) is 0 Å². The van der Waals surface area contributed by atoms with Crippen LogP contribution in [0.3, 0.4) is 0 Å². The number of amides is 3. The molecule has 128 valence electrons. The molecule has 6 nitrogen and oxygen atoms in total. The van der Waals surface area contributed by atoms with Crippen LogP contribution >= 0.6 is 0 Å². The molecule has 8 heteroatoms. The van der Waals surface area contributed by atoms with Crippen molar-refractivity contribution in [1.82, 2.24) is 16.0 Å². The van der Waals surface area contributed by atoms with Gasteiger partial charge < -0.3 is 20.4 Å². The van der Waals surface area contributed by atoms with Gasteiger partial charge in [0.1, 0.15) is 17.4 Å². The predicted octanol–water partition coefficient (Wildman–Crippen LogP) is 1.72. The molecule has 3 N–H and O–H groups in total. The lowest BCUT2D eigenvalue weighted by Crippen LogP contribution is -2.42. The Labute approximate surface area is 137 Å². The molecule has 24 heavy (non-hydrogen) atoms. The Bertz CT molecular complexity index is 670. The topological polar surface area (TPSA) is 83.4 Å². The van der Waals surface area contributed by atoms with Gasteiger partial charge in [0.2, 0.25) is 5.91 Å². The fourth-order valence-corrected chi connectivity index (χ4v) is 1.97. The summed E-state index contributed by atoms with van der Waals surface area (Å²) >= 11 is 0. The molecular weight excluding hydrogens is 320 g/mol. The summed E-state index contributed by atoms with van der Waals surface area (Å²) in [5.74, 6) is -1.13. The molecule has 0 bridgehead atoms. The molecule has 0 aliphatic rings. The Morgan fingerprint density at radius 1 is 1.04 bits per heavy atom. The van der Waals surface area contributed by atoms with Gasteiger partial charge in [0.25, 0.3) is 0 Å². The van der Waals surface area contributed by atoms with Crippen LogP contribution in [0.1, 0.15) is 11.3 Å². The van der Waals surface area contributed by atoms with Crippen LogP contribution in [0.4, 0.5) is 13.6 Å². The predicted molar refractivity (Wildman–Crippen MR) is 82.0 cm³/mol. The quantitative estimate of drug-likeness (QED) is 0.719. The van der Waals surface area contributed by atoms with Crippen molar-refractivity contribution in [3.05, 3.63) is 59.6 Å². The van der Waals surface area contributed by atoms with Crippen molar-refractivity contribution in [3.63, 3.8) is 0 Å². The smallest absolute Gasteiger partial charge is 0.315 e. The molecule has 0 spiro atoms. The molecule has 0 unspecified atom stereocenters. The first-order valence-electron chi connectivity index (χ1n) is 7.28. The van der Waals surface area contributed by atoms with Crippen LogP contribution in [0, 0.1) is 11.6 Å². The number of carbonyl (C=O) groups excluding carboxylic acids is 2. The molecule has 0 fully saturated rings. The van der Waals surface area contributed by atoms with Crippen LogP contribution in [0.15, 0.2) is 41.0 Å². The second kappa shape index (κ2) is 8.66. The van der Waals surface area contributed by atoms with Gasteiger partial charge in [-0.05, 0) is 36.2 Å². The van der Waals surface area contributed by atoms with Crippen molar-refractivity contribution in [1.29, 1.82) is 0 Å². The first kappa shape index (κ1) is 17.5. The average Bonchev–Trinajstić information content (AvgIpc) is 3.03. The lowest BCUT2D eigenvalue weighted by Gasteiger charge is -2.08. The number of hydrogen-bond acceptors (Lipinski definition) is 3. The minimum Gasteiger partial charge on any atom is -0.467 e. The van der Waals surface area contributed by atoms with Crippen LogP contribution in [0.25, 0.3) is 0 Å². The molecule has 2 rings (SSSR count). The molecule has 3 amide bonds. The van der Waals surface area contributed by atoms with Crippen molar-refractivity contribution < 1.29 is 22.8 Å². The van der Waals surface area contributed by atoms with Gasteiger partial charge in [-0.15, -0.1) is 0 Å². The van der Waals surface area contributed by atoms with E-state index in [9.17, 15) is 18.4 Å². The summed E-state index contributed by atoms with van der Waals surface area (Å²) < 4.78 is 31.1. The third-order valence-corrected chi connectivity index (χ3v) is 3.07. The SMILES string of the molecule is O=C(CNC(=O)NCc1ccco1)NCCc1cc(F)cc(F)c1. The molecule has 0 saturated carbocycles. The molecule has 1 aromatic carbocycles. The van der Waals surface area contributed by atoms with Gasteiger partial charge in [0.05, 0.1) is 19.4 Å². The van der Waals surface area contributed by atoms with E-state index in [0.717, 1.165) is 6.07 Å². The first-order chi connectivity index (χ1) is 11.5. The maximum absolute atomic E-state index is 13.0. The Balaban J connectivity index is 1.61. The van der Waals surface area contributed by atoms with Crippen LogP contribution < -0.4 is 16.0 Å². The number of benzene rings is 1. The Kier molecular flexibility index (Phi) is 6.30. The third kappa shape index (κ3) is 6.07. The van der Waals surface area contributed by atoms with E-state index in [2.05, 4.69) is 16.0 Å². The highest BCUT2D eigenvalue weighted by Gasteiger charge is 2.06. The maximum Gasteiger partial charge on any atom is 0.315 e. The first-order valence-corrected chi connectivity index (χ1v) is 7.28. The van der Waals surface area contributed by atoms with E-state index in [1.165, 1.54) is 18.4 Å². The molecule has 0 saturated heterocycles. The van der Waals surface area contributed by atoms with E-state index in [0.29, 0.717) is 11.3 Å². The van der Waals surface area contributed by atoms with Gasteiger partial charge >= 0.3 is 6.03 Å². The summed E-state index contributed by atoms with van der Waals surface area (Å²) in [6.45, 7) is 0.213. The maximum atomic E-state index is 13.0. The molecule has 1 heterocycles. The van der Waals surface area contributed by atoms with E-state index in [4.69, 9.17) is 4.42 Å². The minimum atomic E-state index is -0.661. The average molecular weight is 337 g/mol. The molecule has 0 atom stereocenters. The van der Waals surface area contributed by atoms with E-state index >= 15 is 0 Å². The lowest BCUT2D eigenvalue weighted by molar-refractivity contribution is -0.120. The second-order valence-corrected chi connectivity index (χ2v) is 4.99. The van der Waals surface area contributed by atoms with Crippen molar-refractivity contribution in [3.8, 4) is 0 Å². The second-order valence-electron chi connectivity index (χ2n) is 4.99.